The molecule has 0 saturated heterocycles. The molecular formula is C17H16BrNO3. The fraction of sp³-hybridized carbons (Fsp3) is 0.235. The van der Waals surface area contributed by atoms with Gasteiger partial charge >= 0.3 is 0 Å². The third-order valence-electron chi connectivity index (χ3n) is 3.82. The summed E-state index contributed by atoms with van der Waals surface area (Å²) >= 11 is 3.46. The number of hydrogen-bond donors (Lipinski definition) is 0. The first-order chi connectivity index (χ1) is 10.6. The minimum atomic E-state index is -0.0298. The number of amides is 1. The second-order valence-electron chi connectivity index (χ2n) is 5.05. The number of halogens is 1. The number of nitrogens with zero attached hydrogens (tertiary/aromatic N) is 1. The first-order valence-electron chi connectivity index (χ1n) is 6.96. The Morgan fingerprint density at radius 1 is 1.09 bits per heavy atom. The van der Waals surface area contributed by atoms with Crippen LogP contribution in [0.2, 0.25) is 0 Å². The maximum Gasteiger partial charge on any atom is 0.258 e. The summed E-state index contributed by atoms with van der Waals surface area (Å²) in [5.74, 6) is 1.14. The molecule has 3 rings (SSSR count). The SMILES string of the molecule is COc1ccc(C(=O)N2CCc3ccc(Br)cc32)cc1OC. The molecule has 0 radical (unpaired) electrons. The van der Waals surface area contributed by atoms with Gasteiger partial charge in [-0.3, -0.25) is 4.79 Å². The molecule has 0 spiro atoms. The van der Waals surface area contributed by atoms with Crippen LogP contribution >= 0.6 is 15.9 Å². The second kappa shape index (κ2) is 6.01. The second-order valence-corrected chi connectivity index (χ2v) is 5.97. The van der Waals surface area contributed by atoms with E-state index >= 15 is 0 Å². The molecule has 1 heterocycles. The van der Waals surface area contributed by atoms with Gasteiger partial charge in [-0.2, -0.15) is 0 Å². The number of carbonyl (C=O) groups excluding carboxylic acids is 1. The van der Waals surface area contributed by atoms with Gasteiger partial charge in [0.2, 0.25) is 0 Å². The summed E-state index contributed by atoms with van der Waals surface area (Å²) in [5.41, 5.74) is 2.75. The first kappa shape index (κ1) is 14.9. The zero-order chi connectivity index (χ0) is 15.7. The fourth-order valence-electron chi connectivity index (χ4n) is 2.69. The Morgan fingerprint density at radius 2 is 1.86 bits per heavy atom. The van der Waals surface area contributed by atoms with Crippen molar-refractivity contribution < 1.29 is 14.3 Å². The number of fused-ring (bicyclic) bond motifs is 1. The number of rotatable bonds is 3. The summed E-state index contributed by atoms with van der Waals surface area (Å²) in [6.07, 6.45) is 0.877. The highest BCUT2D eigenvalue weighted by Gasteiger charge is 2.26. The molecule has 0 N–H and O–H groups in total. The van der Waals surface area contributed by atoms with Gasteiger partial charge in [0.05, 0.1) is 14.2 Å². The summed E-state index contributed by atoms with van der Waals surface area (Å²) in [7, 11) is 3.14. The summed E-state index contributed by atoms with van der Waals surface area (Å²) < 4.78 is 11.5. The number of hydrogen-bond acceptors (Lipinski definition) is 3. The topological polar surface area (TPSA) is 38.8 Å². The molecule has 2 aromatic rings. The van der Waals surface area contributed by atoms with Crippen LogP contribution in [-0.2, 0) is 6.42 Å². The van der Waals surface area contributed by atoms with Crippen LogP contribution in [0.4, 0.5) is 5.69 Å². The Balaban J connectivity index is 1.95. The molecule has 0 atom stereocenters. The van der Waals surface area contributed by atoms with E-state index in [2.05, 4.69) is 22.0 Å². The zero-order valence-corrected chi connectivity index (χ0v) is 14.0. The molecule has 22 heavy (non-hydrogen) atoms. The average Bonchev–Trinajstić information content (AvgIpc) is 2.96. The summed E-state index contributed by atoms with van der Waals surface area (Å²) in [6, 6.07) is 11.3. The van der Waals surface area contributed by atoms with Crippen molar-refractivity contribution in [1.29, 1.82) is 0 Å². The monoisotopic (exact) mass is 361 g/mol. The molecule has 5 heteroatoms. The predicted molar refractivity (Wildman–Crippen MR) is 89.1 cm³/mol. The highest BCUT2D eigenvalue weighted by atomic mass is 79.9. The molecule has 0 bridgehead atoms. The standard InChI is InChI=1S/C17H16BrNO3/c1-21-15-6-4-12(9-16(15)22-2)17(20)19-8-7-11-3-5-13(18)10-14(11)19/h3-6,9-10H,7-8H2,1-2H3. The smallest absolute Gasteiger partial charge is 0.258 e. The van der Waals surface area contributed by atoms with Crippen LogP contribution in [0.5, 0.6) is 11.5 Å². The van der Waals surface area contributed by atoms with Crippen molar-refractivity contribution in [2.24, 2.45) is 0 Å². The van der Waals surface area contributed by atoms with Crippen molar-refractivity contribution in [3.05, 3.63) is 52.0 Å². The van der Waals surface area contributed by atoms with E-state index in [9.17, 15) is 4.79 Å². The molecule has 1 aliphatic rings. The van der Waals surface area contributed by atoms with E-state index in [1.165, 1.54) is 5.56 Å². The average molecular weight is 362 g/mol. The lowest BCUT2D eigenvalue weighted by atomic mass is 10.1. The van der Waals surface area contributed by atoms with Crippen LogP contribution in [0, 0.1) is 0 Å². The van der Waals surface area contributed by atoms with E-state index in [1.54, 1.807) is 37.3 Å². The Morgan fingerprint density at radius 3 is 2.59 bits per heavy atom. The quantitative estimate of drug-likeness (QED) is 0.836. The minimum Gasteiger partial charge on any atom is -0.493 e. The molecule has 0 aromatic heterocycles. The Labute approximate surface area is 137 Å². The highest BCUT2D eigenvalue weighted by Crippen LogP contribution is 2.33. The lowest BCUT2D eigenvalue weighted by Gasteiger charge is -2.18. The molecule has 0 aliphatic carbocycles. The maximum atomic E-state index is 12.8. The summed E-state index contributed by atoms with van der Waals surface area (Å²) in [4.78, 5) is 14.6. The van der Waals surface area contributed by atoms with Gasteiger partial charge < -0.3 is 14.4 Å². The number of ether oxygens (including phenoxy) is 2. The third kappa shape index (κ3) is 2.57. The van der Waals surface area contributed by atoms with E-state index in [4.69, 9.17) is 9.47 Å². The molecule has 2 aromatic carbocycles. The van der Waals surface area contributed by atoms with Crippen molar-refractivity contribution in [3.8, 4) is 11.5 Å². The minimum absolute atomic E-state index is 0.0298. The van der Waals surface area contributed by atoms with Crippen LogP contribution in [-0.4, -0.2) is 26.7 Å². The van der Waals surface area contributed by atoms with Crippen LogP contribution < -0.4 is 14.4 Å². The van der Waals surface area contributed by atoms with Crippen LogP contribution in [0.25, 0.3) is 0 Å². The fourth-order valence-corrected chi connectivity index (χ4v) is 3.04. The van der Waals surface area contributed by atoms with E-state index in [-0.39, 0.29) is 5.91 Å². The highest BCUT2D eigenvalue weighted by molar-refractivity contribution is 9.10. The van der Waals surface area contributed by atoms with Gasteiger partial charge in [-0.05, 0) is 42.3 Å². The predicted octanol–water partition coefficient (Wildman–Crippen LogP) is 3.67. The molecule has 0 fully saturated rings. The molecule has 4 nitrogen and oxygen atoms in total. The van der Waals surface area contributed by atoms with Crippen molar-refractivity contribution in [3.63, 3.8) is 0 Å². The Hall–Kier alpha value is -2.01. The van der Waals surface area contributed by atoms with Gasteiger partial charge in [0.15, 0.2) is 11.5 Å². The summed E-state index contributed by atoms with van der Waals surface area (Å²) in [6.45, 7) is 0.693. The van der Waals surface area contributed by atoms with E-state index in [1.807, 2.05) is 12.1 Å². The summed E-state index contributed by atoms with van der Waals surface area (Å²) in [5, 5.41) is 0. The van der Waals surface area contributed by atoms with Crippen molar-refractivity contribution in [2.45, 2.75) is 6.42 Å². The molecule has 114 valence electrons. The number of carbonyl (C=O) groups is 1. The Bertz CT molecular complexity index is 730. The Kier molecular flexibility index (Phi) is 4.07. The van der Waals surface area contributed by atoms with Crippen LogP contribution in [0.3, 0.4) is 0 Å². The zero-order valence-electron chi connectivity index (χ0n) is 12.4. The third-order valence-corrected chi connectivity index (χ3v) is 4.31. The molecule has 1 amide bonds. The number of anilines is 1. The van der Waals surface area contributed by atoms with Gasteiger partial charge in [0, 0.05) is 22.3 Å². The number of methoxy groups -OCH3 is 2. The normalized spacial score (nSPS) is 13.0. The van der Waals surface area contributed by atoms with Crippen molar-refractivity contribution >= 4 is 27.5 Å². The first-order valence-corrected chi connectivity index (χ1v) is 7.75. The van der Waals surface area contributed by atoms with E-state index < -0.39 is 0 Å². The van der Waals surface area contributed by atoms with Gasteiger partial charge in [0.1, 0.15) is 0 Å². The molecule has 0 saturated carbocycles. The van der Waals surface area contributed by atoms with E-state index in [0.29, 0.717) is 23.6 Å². The van der Waals surface area contributed by atoms with Gasteiger partial charge in [0.25, 0.3) is 5.91 Å². The largest absolute Gasteiger partial charge is 0.493 e. The molecule has 0 unspecified atom stereocenters. The van der Waals surface area contributed by atoms with Crippen molar-refractivity contribution in [2.75, 3.05) is 25.7 Å². The maximum absolute atomic E-state index is 12.8. The number of benzene rings is 2. The lowest BCUT2D eigenvalue weighted by Crippen LogP contribution is -2.28. The van der Waals surface area contributed by atoms with Crippen LogP contribution in [0.1, 0.15) is 15.9 Å². The van der Waals surface area contributed by atoms with Gasteiger partial charge in [-0.25, -0.2) is 0 Å². The van der Waals surface area contributed by atoms with E-state index in [0.717, 1.165) is 16.6 Å². The van der Waals surface area contributed by atoms with Crippen molar-refractivity contribution in [1.82, 2.24) is 0 Å². The van der Waals surface area contributed by atoms with Gasteiger partial charge in [-0.15, -0.1) is 0 Å². The van der Waals surface area contributed by atoms with Gasteiger partial charge in [-0.1, -0.05) is 22.0 Å². The molecular weight excluding hydrogens is 346 g/mol. The van der Waals surface area contributed by atoms with Crippen LogP contribution in [0.15, 0.2) is 40.9 Å². The lowest BCUT2D eigenvalue weighted by molar-refractivity contribution is 0.0989. The molecule has 1 aliphatic heterocycles.